The van der Waals surface area contributed by atoms with E-state index in [1.165, 1.54) is 0 Å². The van der Waals surface area contributed by atoms with Crippen LogP contribution in [-0.2, 0) is 0 Å². The lowest BCUT2D eigenvalue weighted by Crippen LogP contribution is -2.54. The van der Waals surface area contributed by atoms with Crippen molar-refractivity contribution in [3.05, 3.63) is 12.2 Å². The molecule has 0 saturated carbocycles. The van der Waals surface area contributed by atoms with E-state index in [9.17, 15) is 0 Å². The normalized spacial score (nSPS) is 10.8. The third-order valence-corrected chi connectivity index (χ3v) is 1.79. The molecule has 0 aromatic heterocycles. The predicted molar refractivity (Wildman–Crippen MR) is 49.3 cm³/mol. The number of hydrogen-bond acceptors (Lipinski definition) is 4. The van der Waals surface area contributed by atoms with Gasteiger partial charge in [0.15, 0.2) is 0 Å². The lowest BCUT2D eigenvalue weighted by atomic mass is 10.0. The molecular formula is C8H16N4. The molecule has 0 bridgehead atoms. The molecular weight excluding hydrogens is 152 g/mol. The van der Waals surface area contributed by atoms with Crippen molar-refractivity contribution in [2.75, 3.05) is 19.6 Å². The van der Waals surface area contributed by atoms with Crippen molar-refractivity contribution in [2.45, 2.75) is 12.5 Å². The van der Waals surface area contributed by atoms with Crippen LogP contribution in [0.5, 0.6) is 0 Å². The lowest BCUT2D eigenvalue weighted by Gasteiger charge is -2.27. The van der Waals surface area contributed by atoms with Gasteiger partial charge in [0.1, 0.15) is 0 Å². The number of nitriles is 1. The fraction of sp³-hybridized carbons (Fsp3) is 0.625. The molecule has 0 saturated heterocycles. The molecule has 12 heavy (non-hydrogen) atoms. The number of nitrogens with zero attached hydrogens (tertiary/aromatic N) is 1. The van der Waals surface area contributed by atoms with Crippen LogP contribution >= 0.6 is 0 Å². The second-order valence-electron chi connectivity index (χ2n) is 3.04. The maximum absolute atomic E-state index is 8.42. The molecule has 0 unspecified atom stereocenters. The maximum Gasteiger partial charge on any atom is 0.0954 e. The van der Waals surface area contributed by atoms with Gasteiger partial charge in [0.05, 0.1) is 6.07 Å². The van der Waals surface area contributed by atoms with E-state index in [4.69, 9.17) is 16.7 Å². The molecule has 0 fully saturated rings. The summed E-state index contributed by atoms with van der Waals surface area (Å²) in [5.74, 6) is 0. The highest BCUT2D eigenvalue weighted by molar-refractivity contribution is 5.18. The van der Waals surface area contributed by atoms with Crippen LogP contribution in [0.4, 0.5) is 0 Å². The van der Waals surface area contributed by atoms with Gasteiger partial charge in [-0.25, -0.2) is 0 Å². The van der Waals surface area contributed by atoms with E-state index in [0.717, 1.165) is 0 Å². The number of nitrogens with one attached hydrogen (secondary N) is 1. The van der Waals surface area contributed by atoms with Crippen molar-refractivity contribution in [1.29, 1.82) is 5.26 Å². The molecule has 0 aliphatic rings. The molecule has 0 aromatic rings. The van der Waals surface area contributed by atoms with Crippen molar-refractivity contribution in [2.24, 2.45) is 11.5 Å². The van der Waals surface area contributed by atoms with Crippen molar-refractivity contribution in [3.63, 3.8) is 0 Å². The average molecular weight is 168 g/mol. The van der Waals surface area contributed by atoms with Gasteiger partial charge in [-0.15, -0.1) is 0 Å². The zero-order valence-corrected chi connectivity index (χ0v) is 7.43. The lowest BCUT2D eigenvalue weighted by molar-refractivity contribution is 0.389. The van der Waals surface area contributed by atoms with Crippen LogP contribution in [0.25, 0.3) is 0 Å². The Morgan fingerprint density at radius 3 is 2.42 bits per heavy atom. The van der Waals surface area contributed by atoms with E-state index < -0.39 is 0 Å². The third-order valence-electron chi connectivity index (χ3n) is 1.79. The first kappa shape index (κ1) is 11.1. The van der Waals surface area contributed by atoms with Gasteiger partial charge >= 0.3 is 0 Å². The monoisotopic (exact) mass is 168 g/mol. The van der Waals surface area contributed by atoms with Gasteiger partial charge in [-0.3, -0.25) is 0 Å². The summed E-state index contributed by atoms with van der Waals surface area (Å²) in [5.41, 5.74) is 11.2. The summed E-state index contributed by atoms with van der Waals surface area (Å²) in [6, 6.07) is 1.95. The van der Waals surface area contributed by atoms with Crippen molar-refractivity contribution in [3.8, 4) is 6.07 Å². The van der Waals surface area contributed by atoms with Gasteiger partial charge in [-0.05, 0) is 6.92 Å². The van der Waals surface area contributed by atoms with Crippen molar-refractivity contribution in [1.82, 2.24) is 5.32 Å². The smallest absolute Gasteiger partial charge is 0.0954 e. The summed E-state index contributed by atoms with van der Waals surface area (Å²) in [4.78, 5) is 0. The summed E-state index contributed by atoms with van der Waals surface area (Å²) in [7, 11) is 0. The minimum Gasteiger partial charge on any atom is -0.329 e. The van der Waals surface area contributed by atoms with Gasteiger partial charge in [0, 0.05) is 30.7 Å². The summed E-state index contributed by atoms with van der Waals surface area (Å²) >= 11 is 0. The second-order valence-corrected chi connectivity index (χ2v) is 3.04. The van der Waals surface area contributed by atoms with E-state index in [2.05, 4.69) is 11.9 Å². The first-order valence-electron chi connectivity index (χ1n) is 3.81. The molecule has 0 atom stereocenters. The first-order chi connectivity index (χ1) is 5.58. The van der Waals surface area contributed by atoms with E-state index in [1.807, 2.05) is 13.0 Å². The quantitative estimate of drug-likeness (QED) is 0.475. The molecule has 0 amide bonds. The highest BCUT2D eigenvalue weighted by atomic mass is 15.0. The number of rotatable bonds is 5. The summed E-state index contributed by atoms with van der Waals surface area (Å²) in [6.07, 6.45) is 0. The Balaban J connectivity index is 3.90. The van der Waals surface area contributed by atoms with Crippen LogP contribution in [-0.4, -0.2) is 25.2 Å². The molecule has 0 aromatic carbocycles. The first-order valence-corrected chi connectivity index (χ1v) is 3.81. The zero-order chi connectivity index (χ0) is 9.61. The van der Waals surface area contributed by atoms with E-state index >= 15 is 0 Å². The SMILES string of the molecule is C=C(C#N)CNC(C)(CN)CN. The molecule has 0 heterocycles. The van der Waals surface area contributed by atoms with Crippen LogP contribution in [0.3, 0.4) is 0 Å². The van der Waals surface area contributed by atoms with E-state index in [-0.39, 0.29) is 5.54 Å². The van der Waals surface area contributed by atoms with E-state index in [1.54, 1.807) is 0 Å². The van der Waals surface area contributed by atoms with Crippen molar-refractivity contribution < 1.29 is 0 Å². The van der Waals surface area contributed by atoms with Crippen LogP contribution in [0, 0.1) is 11.3 Å². The Labute approximate surface area is 73.2 Å². The van der Waals surface area contributed by atoms with E-state index in [0.29, 0.717) is 25.2 Å². The number of hydrogen-bond donors (Lipinski definition) is 3. The fourth-order valence-corrected chi connectivity index (χ4v) is 0.587. The molecule has 4 heteroatoms. The van der Waals surface area contributed by atoms with Crippen LogP contribution in [0.2, 0.25) is 0 Å². The molecule has 0 aliphatic carbocycles. The van der Waals surface area contributed by atoms with Crippen LogP contribution in [0.1, 0.15) is 6.92 Å². The largest absolute Gasteiger partial charge is 0.329 e. The minimum absolute atomic E-state index is 0.292. The Kier molecular flexibility index (Phi) is 4.52. The molecule has 0 spiro atoms. The molecule has 0 aliphatic heterocycles. The standard InChI is InChI=1S/C8H16N4/c1-7(3-9)4-12-8(2,5-10)6-11/h12H,1,4-6,10-11H2,2H3. The Morgan fingerprint density at radius 2 is 2.08 bits per heavy atom. The topological polar surface area (TPSA) is 87.9 Å². The molecule has 0 radical (unpaired) electrons. The highest BCUT2D eigenvalue weighted by Crippen LogP contribution is 1.98. The fourth-order valence-electron chi connectivity index (χ4n) is 0.587. The summed E-state index contributed by atoms with van der Waals surface area (Å²) in [5, 5.41) is 11.5. The third kappa shape index (κ3) is 3.49. The van der Waals surface area contributed by atoms with Gasteiger partial charge in [0.25, 0.3) is 0 Å². The molecule has 5 N–H and O–H groups in total. The minimum atomic E-state index is -0.292. The van der Waals surface area contributed by atoms with Crippen LogP contribution in [0.15, 0.2) is 12.2 Å². The Hall–Kier alpha value is -0.890. The Morgan fingerprint density at radius 1 is 1.58 bits per heavy atom. The van der Waals surface area contributed by atoms with Gasteiger partial charge in [-0.2, -0.15) is 5.26 Å². The van der Waals surface area contributed by atoms with Crippen molar-refractivity contribution >= 4 is 0 Å². The average Bonchev–Trinajstić information content (AvgIpc) is 2.13. The second kappa shape index (κ2) is 4.88. The summed E-state index contributed by atoms with van der Waals surface area (Å²) in [6.45, 7) is 6.79. The number of nitrogens with two attached hydrogens (primary N) is 2. The van der Waals surface area contributed by atoms with Gasteiger partial charge in [-0.1, -0.05) is 6.58 Å². The molecule has 0 rings (SSSR count). The van der Waals surface area contributed by atoms with Gasteiger partial charge in [0.2, 0.25) is 0 Å². The molecule has 68 valence electrons. The zero-order valence-electron chi connectivity index (χ0n) is 7.43. The Bertz CT molecular complexity index is 188. The maximum atomic E-state index is 8.42. The summed E-state index contributed by atoms with van der Waals surface area (Å²) < 4.78 is 0. The highest BCUT2D eigenvalue weighted by Gasteiger charge is 2.18. The van der Waals surface area contributed by atoms with Crippen LogP contribution < -0.4 is 16.8 Å². The predicted octanol–water partition coefficient (Wildman–Crippen LogP) is -0.668. The van der Waals surface area contributed by atoms with Gasteiger partial charge < -0.3 is 16.8 Å². The molecule has 4 nitrogen and oxygen atoms in total.